The molecule has 4 heteroatoms. The van der Waals surface area contributed by atoms with Crippen molar-refractivity contribution in [2.75, 3.05) is 33.3 Å². The molecule has 0 aliphatic carbocycles. The summed E-state index contributed by atoms with van der Waals surface area (Å²) in [6, 6.07) is 5.71. The number of aryl methyl sites for hydroxylation is 1. The van der Waals surface area contributed by atoms with Gasteiger partial charge in [0.1, 0.15) is 5.75 Å². The van der Waals surface area contributed by atoms with Gasteiger partial charge in [0.15, 0.2) is 0 Å². The number of amides is 1. The topological polar surface area (TPSA) is 41.6 Å². The highest BCUT2D eigenvalue weighted by molar-refractivity contribution is 5.94. The molecule has 0 spiro atoms. The molecule has 1 N–H and O–H groups in total. The van der Waals surface area contributed by atoms with Crippen LogP contribution in [0.4, 0.5) is 0 Å². The summed E-state index contributed by atoms with van der Waals surface area (Å²) in [5.74, 6) is 2.30. The molecule has 2 fully saturated rings. The average molecular weight is 274 g/mol. The number of rotatable bonds is 2. The molecular weight excluding hydrogens is 252 g/mol. The van der Waals surface area contributed by atoms with Gasteiger partial charge in [0.05, 0.1) is 7.11 Å². The Morgan fingerprint density at radius 2 is 2.15 bits per heavy atom. The quantitative estimate of drug-likeness (QED) is 0.892. The van der Waals surface area contributed by atoms with E-state index in [1.807, 2.05) is 30.0 Å². The second-order valence-corrected chi connectivity index (χ2v) is 5.90. The summed E-state index contributed by atoms with van der Waals surface area (Å²) >= 11 is 0. The lowest BCUT2D eigenvalue weighted by Crippen LogP contribution is -2.43. The molecule has 20 heavy (non-hydrogen) atoms. The lowest BCUT2D eigenvalue weighted by Gasteiger charge is -2.34. The highest BCUT2D eigenvalue weighted by Gasteiger charge is 2.34. The first-order valence-corrected chi connectivity index (χ1v) is 7.33. The van der Waals surface area contributed by atoms with Gasteiger partial charge in [-0.05, 0) is 56.0 Å². The van der Waals surface area contributed by atoms with Crippen LogP contribution in [0.25, 0.3) is 0 Å². The number of nitrogens with zero attached hydrogens (tertiary/aromatic N) is 1. The molecule has 0 bridgehead atoms. The predicted octanol–water partition coefficient (Wildman–Crippen LogP) is 1.69. The van der Waals surface area contributed by atoms with E-state index in [2.05, 4.69) is 5.32 Å². The molecule has 1 amide bonds. The van der Waals surface area contributed by atoms with Crippen LogP contribution in [-0.4, -0.2) is 44.1 Å². The van der Waals surface area contributed by atoms with Crippen molar-refractivity contribution < 1.29 is 9.53 Å². The van der Waals surface area contributed by atoms with Crippen molar-refractivity contribution in [1.82, 2.24) is 10.2 Å². The molecule has 2 saturated heterocycles. The SMILES string of the molecule is COc1cc(C(=O)N2CCC3CNCC3C2)ccc1C. The number of hydrogen-bond acceptors (Lipinski definition) is 3. The third kappa shape index (κ3) is 2.40. The fraction of sp³-hybridized carbons (Fsp3) is 0.562. The van der Waals surface area contributed by atoms with Crippen molar-refractivity contribution in [1.29, 1.82) is 0 Å². The number of methoxy groups -OCH3 is 1. The molecule has 2 atom stereocenters. The van der Waals surface area contributed by atoms with Crippen molar-refractivity contribution >= 4 is 5.91 Å². The van der Waals surface area contributed by atoms with Gasteiger partial charge >= 0.3 is 0 Å². The second kappa shape index (κ2) is 5.44. The highest BCUT2D eigenvalue weighted by atomic mass is 16.5. The molecule has 3 rings (SSSR count). The molecule has 1 aromatic rings. The van der Waals surface area contributed by atoms with Gasteiger partial charge in [0.2, 0.25) is 0 Å². The van der Waals surface area contributed by atoms with Gasteiger partial charge in [-0.2, -0.15) is 0 Å². The first-order chi connectivity index (χ1) is 9.69. The molecule has 1 aromatic carbocycles. The normalized spacial score (nSPS) is 25.4. The maximum Gasteiger partial charge on any atom is 0.253 e. The number of benzene rings is 1. The number of fused-ring (bicyclic) bond motifs is 1. The zero-order valence-corrected chi connectivity index (χ0v) is 12.2. The number of piperidine rings is 1. The van der Waals surface area contributed by atoms with Crippen LogP contribution in [0.15, 0.2) is 18.2 Å². The summed E-state index contributed by atoms with van der Waals surface area (Å²) < 4.78 is 5.31. The minimum Gasteiger partial charge on any atom is -0.496 e. The number of likely N-dealkylation sites (tertiary alicyclic amines) is 1. The highest BCUT2D eigenvalue weighted by Crippen LogP contribution is 2.28. The molecule has 2 aliphatic rings. The van der Waals surface area contributed by atoms with Crippen molar-refractivity contribution in [3.63, 3.8) is 0 Å². The number of carbonyl (C=O) groups excluding carboxylic acids is 1. The van der Waals surface area contributed by atoms with E-state index in [-0.39, 0.29) is 5.91 Å². The Bertz CT molecular complexity index is 515. The van der Waals surface area contributed by atoms with Gasteiger partial charge in [-0.25, -0.2) is 0 Å². The van der Waals surface area contributed by atoms with Crippen LogP contribution in [0.5, 0.6) is 5.75 Å². The molecule has 2 aliphatic heterocycles. The zero-order chi connectivity index (χ0) is 14.1. The van der Waals surface area contributed by atoms with Crippen LogP contribution in [-0.2, 0) is 0 Å². The van der Waals surface area contributed by atoms with Gasteiger partial charge in [0.25, 0.3) is 5.91 Å². The van der Waals surface area contributed by atoms with Gasteiger partial charge < -0.3 is 15.0 Å². The third-order valence-electron chi connectivity index (χ3n) is 4.65. The predicted molar refractivity (Wildman–Crippen MR) is 78.1 cm³/mol. The Labute approximate surface area is 120 Å². The van der Waals surface area contributed by atoms with E-state index in [0.717, 1.165) is 55.4 Å². The van der Waals surface area contributed by atoms with Crippen LogP contribution in [0.1, 0.15) is 22.3 Å². The first-order valence-electron chi connectivity index (χ1n) is 7.33. The molecule has 0 saturated carbocycles. The van der Waals surface area contributed by atoms with Crippen LogP contribution < -0.4 is 10.1 Å². The van der Waals surface area contributed by atoms with Crippen molar-refractivity contribution in [2.24, 2.45) is 11.8 Å². The third-order valence-corrected chi connectivity index (χ3v) is 4.65. The van der Waals surface area contributed by atoms with Crippen LogP contribution in [0.3, 0.4) is 0 Å². The lowest BCUT2D eigenvalue weighted by atomic mass is 9.88. The van der Waals surface area contributed by atoms with E-state index in [4.69, 9.17) is 4.74 Å². The summed E-state index contributed by atoms with van der Waals surface area (Å²) in [5.41, 5.74) is 1.79. The summed E-state index contributed by atoms with van der Waals surface area (Å²) in [6.45, 7) is 5.91. The Morgan fingerprint density at radius 3 is 2.95 bits per heavy atom. The number of hydrogen-bond donors (Lipinski definition) is 1. The molecule has 108 valence electrons. The van der Waals surface area contributed by atoms with Crippen LogP contribution in [0, 0.1) is 18.8 Å². The maximum absolute atomic E-state index is 12.6. The minimum absolute atomic E-state index is 0.133. The average Bonchev–Trinajstić information content (AvgIpc) is 2.94. The molecule has 0 aromatic heterocycles. The Balaban J connectivity index is 1.75. The molecule has 4 nitrogen and oxygen atoms in total. The smallest absolute Gasteiger partial charge is 0.253 e. The van der Waals surface area contributed by atoms with Gasteiger partial charge in [-0.15, -0.1) is 0 Å². The molecule has 0 radical (unpaired) electrons. The Hall–Kier alpha value is -1.55. The van der Waals surface area contributed by atoms with E-state index in [9.17, 15) is 4.79 Å². The number of nitrogens with one attached hydrogen (secondary N) is 1. The standard InChI is InChI=1S/C16H22N2O2/c1-11-3-4-12(7-15(11)20-2)16(19)18-6-5-13-8-17-9-14(13)10-18/h3-4,7,13-14,17H,5-6,8-10H2,1-2H3. The van der Waals surface area contributed by atoms with E-state index in [1.54, 1.807) is 7.11 Å². The number of ether oxygens (including phenoxy) is 1. The van der Waals surface area contributed by atoms with Crippen molar-refractivity contribution in [2.45, 2.75) is 13.3 Å². The maximum atomic E-state index is 12.6. The van der Waals surface area contributed by atoms with Gasteiger partial charge in [-0.3, -0.25) is 4.79 Å². The van der Waals surface area contributed by atoms with E-state index >= 15 is 0 Å². The van der Waals surface area contributed by atoms with E-state index in [0.29, 0.717) is 5.92 Å². The summed E-state index contributed by atoms with van der Waals surface area (Å²) in [5, 5.41) is 3.43. The minimum atomic E-state index is 0.133. The lowest BCUT2D eigenvalue weighted by molar-refractivity contribution is 0.0642. The molecular formula is C16H22N2O2. The van der Waals surface area contributed by atoms with Crippen molar-refractivity contribution in [3.8, 4) is 5.75 Å². The largest absolute Gasteiger partial charge is 0.496 e. The first kappa shape index (κ1) is 13.4. The van der Waals surface area contributed by atoms with Crippen LogP contribution >= 0.6 is 0 Å². The van der Waals surface area contributed by atoms with Crippen LogP contribution in [0.2, 0.25) is 0 Å². The Kier molecular flexibility index (Phi) is 3.66. The Morgan fingerprint density at radius 1 is 1.35 bits per heavy atom. The number of carbonyl (C=O) groups is 1. The van der Waals surface area contributed by atoms with E-state index in [1.165, 1.54) is 0 Å². The second-order valence-electron chi connectivity index (χ2n) is 5.90. The summed E-state index contributed by atoms with van der Waals surface area (Å²) in [6.07, 6.45) is 1.12. The molecule has 2 unspecified atom stereocenters. The van der Waals surface area contributed by atoms with Gasteiger partial charge in [0, 0.05) is 18.7 Å². The monoisotopic (exact) mass is 274 g/mol. The van der Waals surface area contributed by atoms with Gasteiger partial charge in [-0.1, -0.05) is 6.07 Å². The summed E-state index contributed by atoms with van der Waals surface area (Å²) in [7, 11) is 1.65. The summed E-state index contributed by atoms with van der Waals surface area (Å²) in [4.78, 5) is 14.6. The van der Waals surface area contributed by atoms with E-state index < -0.39 is 0 Å². The zero-order valence-electron chi connectivity index (χ0n) is 12.2. The van der Waals surface area contributed by atoms with Crippen molar-refractivity contribution in [3.05, 3.63) is 29.3 Å². The molecule has 2 heterocycles. The fourth-order valence-corrected chi connectivity index (χ4v) is 3.35. The fourth-order valence-electron chi connectivity index (χ4n) is 3.35.